The number of alkyl halides is 3. The third-order valence-corrected chi connectivity index (χ3v) is 5.28. The van der Waals surface area contributed by atoms with E-state index < -0.39 is 23.2 Å². The van der Waals surface area contributed by atoms with Crippen LogP contribution in [0.2, 0.25) is 0 Å². The monoisotopic (exact) mass is 431 g/mol. The number of hydrogen-bond donors (Lipinski definition) is 2. The zero-order chi connectivity index (χ0) is 20.2. The number of benzene rings is 2. The third kappa shape index (κ3) is 6.29. The van der Waals surface area contributed by atoms with Gasteiger partial charge in [0.2, 0.25) is 0 Å². The number of carboxylic acids is 1. The first kappa shape index (κ1) is 24.4. The zero-order valence-corrected chi connectivity index (χ0v) is 19.5. The number of likely N-dealkylation sites (tertiary alicyclic amines) is 1. The van der Waals surface area contributed by atoms with Crippen molar-refractivity contribution in [3.05, 3.63) is 65.7 Å². The van der Waals surface area contributed by atoms with Crippen molar-refractivity contribution in [2.45, 2.75) is 31.0 Å². The summed E-state index contributed by atoms with van der Waals surface area (Å²) in [4.78, 5) is 14.1. The first-order chi connectivity index (χ1) is 13.3. The van der Waals surface area contributed by atoms with Gasteiger partial charge in [0.1, 0.15) is 5.54 Å². The number of anilines is 1. The van der Waals surface area contributed by atoms with E-state index in [0.717, 1.165) is 19.0 Å². The average molecular weight is 432 g/mol. The van der Waals surface area contributed by atoms with E-state index in [1.807, 2.05) is 30.3 Å². The molecule has 1 aliphatic heterocycles. The Hall–Kier alpha value is -0.904. The van der Waals surface area contributed by atoms with Crippen molar-refractivity contribution in [3.8, 4) is 0 Å². The summed E-state index contributed by atoms with van der Waals surface area (Å²) in [5.74, 6) is -1.12. The van der Waals surface area contributed by atoms with Crippen molar-refractivity contribution >= 4 is 63.0 Å². The van der Waals surface area contributed by atoms with Crippen molar-refractivity contribution in [1.82, 2.24) is 4.90 Å². The van der Waals surface area contributed by atoms with Crippen LogP contribution in [-0.2, 0) is 17.4 Å². The van der Waals surface area contributed by atoms with E-state index in [1.54, 1.807) is 0 Å². The number of aliphatic carboxylic acids is 1. The van der Waals surface area contributed by atoms with E-state index in [4.69, 9.17) is 0 Å². The first-order valence-corrected chi connectivity index (χ1v) is 9.24. The molecule has 2 aromatic rings. The summed E-state index contributed by atoms with van der Waals surface area (Å²) in [6.07, 6.45) is -3.21. The van der Waals surface area contributed by atoms with Crippen LogP contribution in [0.5, 0.6) is 0 Å². The number of para-hydroxylation sites is 1. The van der Waals surface area contributed by atoms with Gasteiger partial charge in [-0.1, -0.05) is 42.5 Å². The Balaban J connectivity index is 0.00000300. The molecule has 151 valence electrons. The third-order valence-electron chi connectivity index (χ3n) is 5.28. The summed E-state index contributed by atoms with van der Waals surface area (Å²) in [5, 5.41) is 12.5. The van der Waals surface area contributed by atoms with Crippen LogP contribution in [0.4, 0.5) is 18.9 Å². The van der Waals surface area contributed by atoms with Crippen molar-refractivity contribution < 1.29 is 23.1 Å². The SMILES string of the molecule is O=C(O)C1(Nc2ccccc2C(F)(F)F)CCN(CCc2ccccc2)CC1.[K]. The number of piperidine rings is 1. The minimum absolute atomic E-state index is 0. The molecule has 1 saturated heterocycles. The van der Waals surface area contributed by atoms with Gasteiger partial charge in [0.05, 0.1) is 5.56 Å². The number of carbonyl (C=O) groups is 1. The molecule has 0 amide bonds. The van der Waals surface area contributed by atoms with Gasteiger partial charge in [-0.15, -0.1) is 0 Å². The van der Waals surface area contributed by atoms with Crippen LogP contribution in [0.15, 0.2) is 54.6 Å². The second kappa shape index (κ2) is 10.4. The number of hydrogen-bond acceptors (Lipinski definition) is 3. The van der Waals surface area contributed by atoms with Crippen LogP contribution < -0.4 is 5.32 Å². The van der Waals surface area contributed by atoms with E-state index in [9.17, 15) is 23.1 Å². The maximum atomic E-state index is 13.3. The fourth-order valence-electron chi connectivity index (χ4n) is 3.58. The van der Waals surface area contributed by atoms with Crippen LogP contribution in [0.3, 0.4) is 0 Å². The summed E-state index contributed by atoms with van der Waals surface area (Å²) < 4.78 is 39.8. The minimum Gasteiger partial charge on any atom is -0.480 e. The Kier molecular flexibility index (Phi) is 8.75. The molecule has 0 saturated carbocycles. The molecule has 2 N–H and O–H groups in total. The van der Waals surface area contributed by atoms with Crippen molar-refractivity contribution in [1.29, 1.82) is 0 Å². The van der Waals surface area contributed by atoms with Gasteiger partial charge in [0.25, 0.3) is 0 Å². The molecule has 0 aliphatic carbocycles. The molecular weight excluding hydrogens is 408 g/mol. The number of carboxylic acid groups (broad SMARTS) is 1. The molecule has 1 radical (unpaired) electrons. The molecule has 0 unspecified atom stereocenters. The van der Waals surface area contributed by atoms with Crippen LogP contribution in [0, 0.1) is 0 Å². The van der Waals surface area contributed by atoms with Crippen molar-refractivity contribution in [3.63, 3.8) is 0 Å². The summed E-state index contributed by atoms with van der Waals surface area (Å²) in [7, 11) is 0. The van der Waals surface area contributed by atoms with E-state index in [-0.39, 0.29) is 69.9 Å². The van der Waals surface area contributed by atoms with E-state index >= 15 is 0 Å². The van der Waals surface area contributed by atoms with Gasteiger partial charge in [0, 0.05) is 76.7 Å². The van der Waals surface area contributed by atoms with Gasteiger partial charge in [-0.2, -0.15) is 13.2 Å². The molecule has 4 nitrogen and oxygen atoms in total. The first-order valence-electron chi connectivity index (χ1n) is 9.24. The smallest absolute Gasteiger partial charge is 0.418 e. The fourth-order valence-corrected chi connectivity index (χ4v) is 3.58. The minimum atomic E-state index is -4.54. The molecule has 0 atom stereocenters. The van der Waals surface area contributed by atoms with Crippen LogP contribution in [0.1, 0.15) is 24.0 Å². The maximum Gasteiger partial charge on any atom is 0.418 e. The van der Waals surface area contributed by atoms with Crippen LogP contribution in [0.25, 0.3) is 0 Å². The summed E-state index contributed by atoms with van der Waals surface area (Å²) in [6, 6.07) is 15.0. The van der Waals surface area contributed by atoms with Crippen LogP contribution in [-0.4, -0.2) is 92.5 Å². The molecule has 29 heavy (non-hydrogen) atoms. The van der Waals surface area contributed by atoms with Gasteiger partial charge < -0.3 is 15.3 Å². The quantitative estimate of drug-likeness (QED) is 0.682. The van der Waals surface area contributed by atoms with Crippen LogP contribution >= 0.6 is 0 Å². The molecule has 3 rings (SSSR count). The molecular formula is C21H23F3KN2O2. The van der Waals surface area contributed by atoms with E-state index in [0.29, 0.717) is 13.1 Å². The standard InChI is InChI=1S/C21H23F3N2O2.K/c22-21(23,24)17-8-4-5-9-18(17)25-20(19(27)28)11-14-26(15-12-20)13-10-16-6-2-1-3-7-16;/h1-9,25H,10-15H2,(H,27,28);. The topological polar surface area (TPSA) is 52.6 Å². The van der Waals surface area contributed by atoms with Gasteiger partial charge in [0.15, 0.2) is 0 Å². The Labute approximate surface area is 210 Å². The number of nitrogens with zero attached hydrogens (tertiary/aromatic N) is 1. The summed E-state index contributed by atoms with van der Waals surface area (Å²) in [6.45, 7) is 1.82. The Morgan fingerprint density at radius 2 is 1.62 bits per heavy atom. The second-order valence-corrected chi connectivity index (χ2v) is 7.13. The number of rotatable bonds is 6. The van der Waals surface area contributed by atoms with E-state index in [2.05, 4.69) is 10.2 Å². The van der Waals surface area contributed by atoms with Crippen molar-refractivity contribution in [2.24, 2.45) is 0 Å². The van der Waals surface area contributed by atoms with Crippen molar-refractivity contribution in [2.75, 3.05) is 25.0 Å². The summed E-state index contributed by atoms with van der Waals surface area (Å²) >= 11 is 0. The Bertz CT molecular complexity index is 807. The molecule has 0 aromatic heterocycles. The van der Waals surface area contributed by atoms with Gasteiger partial charge in [-0.3, -0.25) is 0 Å². The molecule has 1 heterocycles. The zero-order valence-electron chi connectivity index (χ0n) is 16.4. The Morgan fingerprint density at radius 3 is 2.21 bits per heavy atom. The molecule has 1 aliphatic rings. The number of halogens is 3. The van der Waals surface area contributed by atoms with Gasteiger partial charge >= 0.3 is 12.1 Å². The maximum absolute atomic E-state index is 13.3. The number of nitrogens with one attached hydrogen (secondary N) is 1. The van der Waals surface area contributed by atoms with E-state index in [1.165, 1.54) is 23.8 Å². The largest absolute Gasteiger partial charge is 0.480 e. The summed E-state index contributed by atoms with van der Waals surface area (Å²) in [5.41, 5.74) is -1.23. The van der Waals surface area contributed by atoms with Gasteiger partial charge in [-0.25, -0.2) is 4.79 Å². The predicted molar refractivity (Wildman–Crippen MR) is 107 cm³/mol. The normalized spacial score (nSPS) is 16.7. The van der Waals surface area contributed by atoms with Gasteiger partial charge in [-0.05, 0) is 37.0 Å². The molecule has 1 fully saturated rings. The molecule has 2 aromatic carbocycles. The second-order valence-electron chi connectivity index (χ2n) is 7.13. The average Bonchev–Trinajstić information content (AvgIpc) is 2.68. The predicted octanol–water partition coefficient (Wildman–Crippen LogP) is 3.90. The molecule has 8 heteroatoms. The molecule has 0 spiro atoms. The Morgan fingerprint density at radius 1 is 1.03 bits per heavy atom. The molecule has 0 bridgehead atoms. The fraction of sp³-hybridized carbons (Fsp3) is 0.381.